The van der Waals surface area contributed by atoms with E-state index in [0.29, 0.717) is 23.4 Å². The van der Waals surface area contributed by atoms with Crippen molar-refractivity contribution in [2.45, 2.75) is 36.2 Å². The highest BCUT2D eigenvalue weighted by molar-refractivity contribution is 7.98. The average Bonchev–Trinajstić information content (AvgIpc) is 3.42. The van der Waals surface area contributed by atoms with Crippen LogP contribution in [0.4, 0.5) is 5.69 Å². The third-order valence-corrected chi connectivity index (χ3v) is 6.44. The second-order valence-electron chi connectivity index (χ2n) is 6.46. The fourth-order valence-corrected chi connectivity index (χ4v) is 5.04. The first-order valence-corrected chi connectivity index (χ1v) is 10.4. The predicted molar refractivity (Wildman–Crippen MR) is 109 cm³/mol. The highest BCUT2D eigenvalue weighted by atomic mass is 32.2. The lowest BCUT2D eigenvalue weighted by Crippen LogP contribution is -2.22. The summed E-state index contributed by atoms with van der Waals surface area (Å²) in [6.07, 6.45) is 3.96. The molecular weight excluding hydrogens is 382 g/mol. The average molecular weight is 399 g/mol. The normalized spacial score (nSPS) is 13.8. The minimum atomic E-state index is -0.406. The first kappa shape index (κ1) is 17.9. The largest absolute Gasteiger partial charge is 0.283 e. The molecule has 0 radical (unpaired) electrons. The van der Waals surface area contributed by atoms with Crippen molar-refractivity contribution in [2.75, 3.05) is 0 Å². The van der Waals surface area contributed by atoms with Crippen LogP contribution in [0.25, 0.3) is 10.2 Å². The third-order valence-electron chi connectivity index (χ3n) is 4.51. The van der Waals surface area contributed by atoms with Crippen LogP contribution in [0.2, 0.25) is 0 Å². The molecule has 6 nitrogen and oxygen atoms in total. The second kappa shape index (κ2) is 7.28. The molecule has 8 heteroatoms. The van der Waals surface area contributed by atoms with Crippen LogP contribution in [-0.4, -0.2) is 14.5 Å². The van der Waals surface area contributed by atoms with Gasteiger partial charge in [0.2, 0.25) is 0 Å². The van der Waals surface area contributed by atoms with Crippen molar-refractivity contribution in [3.8, 4) is 0 Å². The Labute approximate surface area is 163 Å². The highest BCUT2D eigenvalue weighted by Crippen LogP contribution is 2.44. The van der Waals surface area contributed by atoms with Gasteiger partial charge in [-0.1, -0.05) is 30.0 Å². The number of rotatable bonds is 7. The van der Waals surface area contributed by atoms with E-state index in [9.17, 15) is 14.9 Å². The van der Waals surface area contributed by atoms with Gasteiger partial charge in [0.05, 0.1) is 10.3 Å². The van der Waals surface area contributed by atoms with Gasteiger partial charge >= 0.3 is 0 Å². The maximum Gasteiger partial charge on any atom is 0.269 e. The molecule has 1 saturated carbocycles. The van der Waals surface area contributed by atoms with Crippen molar-refractivity contribution in [1.82, 2.24) is 9.55 Å². The monoisotopic (exact) mass is 399 g/mol. The number of nitrogens with zero attached hydrogens (tertiary/aromatic N) is 3. The van der Waals surface area contributed by atoms with Crippen molar-refractivity contribution in [3.05, 3.63) is 73.9 Å². The SMILES string of the molecule is C=CCn1c(SCc2cccc([N+](=O)[O-])c2)nc2scc(C3CC3)c2c1=O. The van der Waals surface area contributed by atoms with Gasteiger partial charge in [0.25, 0.3) is 11.2 Å². The van der Waals surface area contributed by atoms with E-state index in [-0.39, 0.29) is 11.2 Å². The van der Waals surface area contributed by atoms with Crippen LogP contribution in [0.1, 0.15) is 29.9 Å². The number of non-ortho nitro benzene ring substituents is 1. The molecule has 0 amide bonds. The van der Waals surface area contributed by atoms with Crippen molar-refractivity contribution < 1.29 is 4.92 Å². The van der Waals surface area contributed by atoms with Gasteiger partial charge in [0.1, 0.15) is 4.83 Å². The van der Waals surface area contributed by atoms with Gasteiger partial charge in [-0.2, -0.15) is 0 Å². The molecule has 138 valence electrons. The Morgan fingerprint density at radius 1 is 1.44 bits per heavy atom. The fraction of sp³-hybridized carbons (Fsp3) is 0.263. The number of hydrogen-bond donors (Lipinski definition) is 0. The number of aromatic nitrogens is 2. The lowest BCUT2D eigenvalue weighted by atomic mass is 10.1. The van der Waals surface area contributed by atoms with Crippen LogP contribution in [0.3, 0.4) is 0 Å². The van der Waals surface area contributed by atoms with Crippen LogP contribution in [-0.2, 0) is 12.3 Å². The zero-order chi connectivity index (χ0) is 19.0. The van der Waals surface area contributed by atoms with Gasteiger partial charge in [-0.3, -0.25) is 19.5 Å². The van der Waals surface area contributed by atoms with Crippen LogP contribution in [0, 0.1) is 10.1 Å². The Morgan fingerprint density at radius 2 is 2.26 bits per heavy atom. The van der Waals surface area contributed by atoms with E-state index in [4.69, 9.17) is 4.98 Å². The molecule has 4 rings (SSSR count). The molecule has 0 spiro atoms. The summed E-state index contributed by atoms with van der Waals surface area (Å²) in [5, 5.41) is 14.4. The molecule has 1 aliphatic carbocycles. The molecule has 0 saturated heterocycles. The lowest BCUT2D eigenvalue weighted by Gasteiger charge is -2.10. The Hall–Kier alpha value is -2.45. The molecule has 2 heterocycles. The van der Waals surface area contributed by atoms with E-state index in [1.165, 1.54) is 29.2 Å². The molecule has 0 bridgehead atoms. The summed E-state index contributed by atoms with van der Waals surface area (Å²) < 4.78 is 1.65. The fourth-order valence-electron chi connectivity index (χ4n) is 3.03. The summed E-state index contributed by atoms with van der Waals surface area (Å²) in [5.41, 5.74) is 1.98. The molecule has 1 aliphatic rings. The number of benzene rings is 1. The number of thioether (sulfide) groups is 1. The topological polar surface area (TPSA) is 78.0 Å². The molecule has 1 fully saturated rings. The summed E-state index contributed by atoms with van der Waals surface area (Å²) in [6, 6.07) is 6.53. The number of fused-ring (bicyclic) bond motifs is 1. The van der Waals surface area contributed by atoms with E-state index in [1.807, 2.05) is 6.07 Å². The summed E-state index contributed by atoms with van der Waals surface area (Å²) in [7, 11) is 0. The second-order valence-corrected chi connectivity index (χ2v) is 8.26. The van der Waals surface area contributed by atoms with E-state index < -0.39 is 4.92 Å². The number of thiophene rings is 1. The molecule has 27 heavy (non-hydrogen) atoms. The molecule has 2 aromatic heterocycles. The smallest absolute Gasteiger partial charge is 0.269 e. The molecule has 0 unspecified atom stereocenters. The van der Waals surface area contributed by atoms with Gasteiger partial charge in [-0.15, -0.1) is 17.9 Å². The number of nitro groups is 1. The van der Waals surface area contributed by atoms with E-state index in [0.717, 1.165) is 34.2 Å². The maximum atomic E-state index is 13.1. The maximum absolute atomic E-state index is 13.1. The van der Waals surface area contributed by atoms with E-state index >= 15 is 0 Å². The van der Waals surface area contributed by atoms with E-state index in [2.05, 4.69) is 12.0 Å². The standard InChI is InChI=1S/C19H17N3O3S2/c1-2-8-21-18(23)16-15(13-6-7-13)11-26-17(16)20-19(21)27-10-12-4-3-5-14(9-12)22(24)25/h2-5,9,11,13H,1,6-8,10H2. The molecule has 0 atom stereocenters. The predicted octanol–water partition coefficient (Wildman–Crippen LogP) is 4.72. The first-order valence-electron chi connectivity index (χ1n) is 8.57. The van der Waals surface area contributed by atoms with E-state index in [1.54, 1.807) is 22.8 Å². The molecule has 1 aromatic carbocycles. The molecule has 3 aromatic rings. The summed E-state index contributed by atoms with van der Waals surface area (Å²) in [5.74, 6) is 0.992. The Balaban J connectivity index is 1.69. The van der Waals surface area contributed by atoms with Crippen molar-refractivity contribution in [3.63, 3.8) is 0 Å². The van der Waals surface area contributed by atoms with Gasteiger partial charge in [-0.25, -0.2) is 4.98 Å². The van der Waals surface area contributed by atoms with Crippen LogP contribution in [0.15, 0.2) is 52.3 Å². The third kappa shape index (κ3) is 3.54. The molecule has 0 N–H and O–H groups in total. The Kier molecular flexibility index (Phi) is 4.84. The van der Waals surface area contributed by atoms with Crippen LogP contribution < -0.4 is 5.56 Å². The quantitative estimate of drug-likeness (QED) is 0.189. The number of allylic oxidation sites excluding steroid dienone is 1. The summed E-state index contributed by atoms with van der Waals surface area (Å²) >= 11 is 2.92. The van der Waals surface area contributed by atoms with Gasteiger partial charge in [-0.05, 0) is 35.3 Å². The van der Waals surface area contributed by atoms with Crippen molar-refractivity contribution in [1.29, 1.82) is 0 Å². The lowest BCUT2D eigenvalue weighted by molar-refractivity contribution is -0.384. The highest BCUT2D eigenvalue weighted by Gasteiger charge is 2.28. The van der Waals surface area contributed by atoms with Crippen LogP contribution >= 0.6 is 23.1 Å². The number of nitro benzene ring substituents is 1. The Bertz CT molecular complexity index is 1100. The Morgan fingerprint density at radius 3 is 2.96 bits per heavy atom. The van der Waals surface area contributed by atoms with Gasteiger partial charge < -0.3 is 0 Å². The van der Waals surface area contributed by atoms with Crippen molar-refractivity contribution in [2.24, 2.45) is 0 Å². The van der Waals surface area contributed by atoms with Gasteiger partial charge in [0.15, 0.2) is 5.16 Å². The van der Waals surface area contributed by atoms with Crippen LogP contribution in [0.5, 0.6) is 0 Å². The molecule has 0 aliphatic heterocycles. The van der Waals surface area contributed by atoms with Gasteiger partial charge in [0, 0.05) is 24.4 Å². The zero-order valence-corrected chi connectivity index (χ0v) is 16.1. The minimum absolute atomic E-state index is 0.0235. The zero-order valence-electron chi connectivity index (χ0n) is 14.5. The summed E-state index contributed by atoms with van der Waals surface area (Å²) in [4.78, 5) is 29.1. The molecular formula is C19H17N3O3S2. The first-order chi connectivity index (χ1) is 13.1. The number of hydrogen-bond acceptors (Lipinski definition) is 6. The van der Waals surface area contributed by atoms with Crippen molar-refractivity contribution >= 4 is 39.0 Å². The minimum Gasteiger partial charge on any atom is -0.283 e. The summed E-state index contributed by atoms with van der Waals surface area (Å²) in [6.45, 7) is 4.14.